The Morgan fingerprint density at radius 1 is 1.31 bits per heavy atom. The van der Waals surface area contributed by atoms with Gasteiger partial charge in [-0.2, -0.15) is 15.4 Å². The zero-order chi connectivity index (χ0) is 20.7. The summed E-state index contributed by atoms with van der Waals surface area (Å²) in [5, 5.41) is 24.9. The van der Waals surface area contributed by atoms with Gasteiger partial charge in [0.05, 0.1) is 30.1 Å². The largest absolute Gasteiger partial charge is 0.493 e. The van der Waals surface area contributed by atoms with Crippen molar-refractivity contribution in [1.29, 1.82) is 5.26 Å². The SMILES string of the molecule is COc1cc(C=NN2C(=O)[C@@H]3[C@H](C2=O)[C@H]2C=C[C@H]3C2)cc([N+](=O)[O-])c1OCC#N. The summed E-state index contributed by atoms with van der Waals surface area (Å²) in [7, 11) is 1.30. The average molecular weight is 396 g/mol. The molecule has 3 aliphatic rings. The number of hydrogen-bond donors (Lipinski definition) is 0. The lowest BCUT2D eigenvalue weighted by Gasteiger charge is -2.13. The number of amides is 2. The third kappa shape index (κ3) is 2.91. The van der Waals surface area contributed by atoms with Gasteiger partial charge in [0.2, 0.25) is 5.75 Å². The molecule has 1 aliphatic heterocycles. The van der Waals surface area contributed by atoms with Crippen LogP contribution in [0.15, 0.2) is 29.4 Å². The fraction of sp³-hybridized carbons (Fsp3) is 0.368. The van der Waals surface area contributed by atoms with Crippen molar-refractivity contribution in [2.45, 2.75) is 6.42 Å². The molecule has 1 aromatic carbocycles. The Balaban J connectivity index is 1.63. The Morgan fingerprint density at radius 2 is 1.97 bits per heavy atom. The van der Waals surface area contributed by atoms with Gasteiger partial charge in [0.1, 0.15) is 6.07 Å². The van der Waals surface area contributed by atoms with Gasteiger partial charge in [0, 0.05) is 11.6 Å². The van der Waals surface area contributed by atoms with E-state index >= 15 is 0 Å². The van der Waals surface area contributed by atoms with E-state index in [1.807, 2.05) is 12.2 Å². The lowest BCUT2D eigenvalue weighted by molar-refractivity contribution is -0.385. The summed E-state index contributed by atoms with van der Waals surface area (Å²) >= 11 is 0. The van der Waals surface area contributed by atoms with Gasteiger partial charge in [-0.3, -0.25) is 19.7 Å². The van der Waals surface area contributed by atoms with Crippen molar-refractivity contribution in [3.63, 3.8) is 0 Å². The second-order valence-electron chi connectivity index (χ2n) is 7.01. The number of benzene rings is 1. The van der Waals surface area contributed by atoms with Crippen LogP contribution in [-0.4, -0.2) is 41.7 Å². The van der Waals surface area contributed by atoms with Crippen LogP contribution in [0.5, 0.6) is 11.5 Å². The second-order valence-corrected chi connectivity index (χ2v) is 7.01. The maximum atomic E-state index is 12.7. The highest BCUT2D eigenvalue weighted by Gasteiger charge is 2.59. The number of nitro benzene ring substituents is 1. The highest BCUT2D eigenvalue weighted by atomic mass is 16.6. The minimum Gasteiger partial charge on any atom is -0.493 e. The molecule has 1 saturated heterocycles. The molecule has 1 aromatic rings. The van der Waals surface area contributed by atoms with Crippen LogP contribution in [0.25, 0.3) is 0 Å². The summed E-state index contributed by atoms with van der Waals surface area (Å²) in [5.74, 6) is -1.44. The number of nitriles is 1. The first-order chi connectivity index (χ1) is 14.0. The van der Waals surface area contributed by atoms with E-state index in [4.69, 9.17) is 14.7 Å². The number of nitro groups is 1. The molecule has 2 aliphatic carbocycles. The molecule has 0 N–H and O–H groups in total. The first-order valence-corrected chi connectivity index (χ1v) is 8.92. The molecule has 29 heavy (non-hydrogen) atoms. The molecular weight excluding hydrogens is 380 g/mol. The van der Waals surface area contributed by atoms with Crippen molar-refractivity contribution in [2.24, 2.45) is 28.8 Å². The van der Waals surface area contributed by atoms with Crippen molar-refractivity contribution in [3.8, 4) is 17.6 Å². The molecule has 1 saturated carbocycles. The van der Waals surface area contributed by atoms with Gasteiger partial charge < -0.3 is 9.47 Å². The predicted octanol–water partition coefficient (Wildman–Crippen LogP) is 1.65. The third-order valence-electron chi connectivity index (χ3n) is 5.52. The van der Waals surface area contributed by atoms with Gasteiger partial charge in [-0.1, -0.05) is 12.2 Å². The highest BCUT2D eigenvalue weighted by Crippen LogP contribution is 2.52. The van der Waals surface area contributed by atoms with Gasteiger partial charge >= 0.3 is 5.69 Å². The normalized spacial score (nSPS) is 26.8. The van der Waals surface area contributed by atoms with Gasteiger partial charge in [-0.05, 0) is 24.3 Å². The summed E-state index contributed by atoms with van der Waals surface area (Å²) in [6, 6.07) is 4.33. The van der Waals surface area contributed by atoms with Gasteiger partial charge in [0.15, 0.2) is 12.4 Å². The van der Waals surface area contributed by atoms with Crippen molar-refractivity contribution in [1.82, 2.24) is 5.01 Å². The number of fused-ring (bicyclic) bond motifs is 5. The average Bonchev–Trinajstić information content (AvgIpc) is 3.39. The number of carbonyl (C=O) groups excluding carboxylic acids is 2. The molecule has 0 aromatic heterocycles. The van der Waals surface area contributed by atoms with Crippen LogP contribution >= 0.6 is 0 Å². The van der Waals surface area contributed by atoms with Crippen molar-refractivity contribution in [2.75, 3.05) is 13.7 Å². The quantitative estimate of drug-likeness (QED) is 0.234. The van der Waals surface area contributed by atoms with Crippen molar-refractivity contribution < 1.29 is 24.0 Å². The smallest absolute Gasteiger partial charge is 0.315 e. The Bertz CT molecular complexity index is 981. The van der Waals surface area contributed by atoms with Gasteiger partial charge in [-0.15, -0.1) is 0 Å². The molecule has 0 unspecified atom stereocenters. The number of hydrogen-bond acceptors (Lipinski definition) is 8. The van der Waals surface area contributed by atoms with Gasteiger partial charge in [0.25, 0.3) is 11.8 Å². The van der Waals surface area contributed by atoms with Crippen LogP contribution in [0.2, 0.25) is 0 Å². The Hall–Kier alpha value is -3.74. The highest BCUT2D eigenvalue weighted by molar-refractivity contribution is 6.06. The van der Waals surface area contributed by atoms with Crippen LogP contribution in [0.4, 0.5) is 5.69 Å². The standard InChI is InChI=1S/C19H16N4O6/c1-28-14-7-10(6-13(23(26)27)17(14)29-5-4-20)9-21-22-18(24)15-11-2-3-12(8-11)16(15)19(22)25/h2-3,6-7,9,11-12,15-16H,5,8H2,1H3/t11-,12-,15-,16+/m0/s1. The summed E-state index contributed by atoms with van der Waals surface area (Å²) < 4.78 is 10.2. The number of allylic oxidation sites excluding steroid dienone is 2. The molecule has 2 bridgehead atoms. The molecule has 2 fully saturated rings. The summed E-state index contributed by atoms with van der Waals surface area (Å²) in [5.41, 5.74) is -0.171. The van der Waals surface area contributed by atoms with Gasteiger partial charge in [-0.25, -0.2) is 0 Å². The van der Waals surface area contributed by atoms with E-state index in [0.29, 0.717) is 0 Å². The summed E-state index contributed by atoms with van der Waals surface area (Å²) in [6.07, 6.45) is 5.99. The zero-order valence-electron chi connectivity index (χ0n) is 15.3. The van der Waals surface area contributed by atoms with E-state index in [2.05, 4.69) is 5.10 Å². The molecule has 0 spiro atoms. The number of carbonyl (C=O) groups is 2. The Kier molecular flexibility index (Phi) is 4.50. The number of methoxy groups -OCH3 is 1. The van der Waals surface area contributed by atoms with Crippen LogP contribution in [-0.2, 0) is 9.59 Å². The van der Waals surface area contributed by atoms with Crippen LogP contribution in [0.1, 0.15) is 12.0 Å². The van der Waals surface area contributed by atoms with Crippen LogP contribution < -0.4 is 9.47 Å². The summed E-state index contributed by atoms with van der Waals surface area (Å²) in [4.78, 5) is 36.0. The monoisotopic (exact) mass is 396 g/mol. The Labute approximate surface area is 165 Å². The van der Waals surface area contributed by atoms with E-state index < -0.39 is 10.6 Å². The lowest BCUT2D eigenvalue weighted by Crippen LogP contribution is -2.28. The van der Waals surface area contributed by atoms with Crippen LogP contribution in [0, 0.1) is 45.1 Å². The fourth-order valence-electron chi connectivity index (χ4n) is 4.34. The molecule has 2 amide bonds. The maximum Gasteiger partial charge on any atom is 0.315 e. The number of rotatable bonds is 6. The lowest BCUT2D eigenvalue weighted by atomic mass is 9.85. The number of hydrazone groups is 1. The second kappa shape index (κ2) is 7.01. The molecule has 10 nitrogen and oxygen atoms in total. The van der Waals surface area contributed by atoms with E-state index in [-0.39, 0.29) is 59.2 Å². The molecular formula is C19H16N4O6. The molecule has 1 heterocycles. The van der Waals surface area contributed by atoms with Crippen molar-refractivity contribution in [3.05, 3.63) is 40.0 Å². The van der Waals surface area contributed by atoms with E-state index in [1.165, 1.54) is 25.5 Å². The summed E-state index contributed by atoms with van der Waals surface area (Å²) in [6.45, 7) is -0.388. The molecule has 148 valence electrons. The first-order valence-electron chi connectivity index (χ1n) is 8.92. The Morgan fingerprint density at radius 3 is 2.52 bits per heavy atom. The first kappa shape index (κ1) is 18.6. The van der Waals surface area contributed by atoms with Crippen molar-refractivity contribution >= 4 is 23.7 Å². The minimum absolute atomic E-state index is 0.0362. The topological polar surface area (TPSA) is 135 Å². The number of imide groups is 1. The third-order valence-corrected chi connectivity index (χ3v) is 5.52. The van der Waals surface area contributed by atoms with E-state index in [1.54, 1.807) is 6.07 Å². The predicted molar refractivity (Wildman–Crippen MR) is 97.9 cm³/mol. The molecule has 10 heteroatoms. The van der Waals surface area contributed by atoms with E-state index in [0.717, 1.165) is 11.4 Å². The maximum absolute atomic E-state index is 12.7. The van der Waals surface area contributed by atoms with E-state index in [9.17, 15) is 19.7 Å². The molecule has 4 rings (SSSR count). The number of nitrogens with zero attached hydrogens (tertiary/aromatic N) is 4. The zero-order valence-corrected chi connectivity index (χ0v) is 15.3. The van der Waals surface area contributed by atoms with Crippen LogP contribution in [0.3, 0.4) is 0 Å². The fourth-order valence-corrected chi connectivity index (χ4v) is 4.34. The number of ether oxygens (including phenoxy) is 2. The molecule has 4 atom stereocenters. The minimum atomic E-state index is -0.674. The molecule has 0 radical (unpaired) electrons.